The Kier molecular flexibility index (Phi) is 3.88. The molecule has 0 spiro atoms. The molecule has 1 amide bonds. The van der Waals surface area contributed by atoms with Crippen molar-refractivity contribution in [3.8, 4) is 0 Å². The standard InChI is InChI=1S/C12H14N4OS/c1-8-11(18-16-15-8)12(17)14-7-6-9-2-4-10(13)5-3-9/h2-5H,6-7,13H2,1H3,(H,14,17). The minimum atomic E-state index is -0.113. The Hall–Kier alpha value is -1.95. The molecule has 3 N–H and O–H groups in total. The number of nitrogens with zero attached hydrogens (tertiary/aromatic N) is 2. The number of hydrogen-bond donors (Lipinski definition) is 2. The average molecular weight is 262 g/mol. The number of amides is 1. The second kappa shape index (κ2) is 5.59. The fraction of sp³-hybridized carbons (Fsp3) is 0.250. The molecule has 1 aromatic carbocycles. The van der Waals surface area contributed by atoms with Gasteiger partial charge in [0.25, 0.3) is 5.91 Å². The molecule has 0 saturated carbocycles. The molecule has 0 aliphatic rings. The van der Waals surface area contributed by atoms with Gasteiger partial charge in [0.1, 0.15) is 4.88 Å². The summed E-state index contributed by atoms with van der Waals surface area (Å²) in [5.74, 6) is -0.113. The molecule has 1 aromatic heterocycles. The van der Waals surface area contributed by atoms with Crippen molar-refractivity contribution in [2.75, 3.05) is 12.3 Å². The molecule has 0 atom stereocenters. The van der Waals surface area contributed by atoms with Crippen LogP contribution in [0.4, 0.5) is 5.69 Å². The molecule has 0 aliphatic carbocycles. The smallest absolute Gasteiger partial charge is 0.264 e. The Morgan fingerprint density at radius 3 is 2.72 bits per heavy atom. The Morgan fingerprint density at radius 2 is 2.11 bits per heavy atom. The van der Waals surface area contributed by atoms with E-state index in [4.69, 9.17) is 5.73 Å². The third kappa shape index (κ3) is 3.04. The van der Waals surface area contributed by atoms with Gasteiger partial charge in [0.2, 0.25) is 0 Å². The van der Waals surface area contributed by atoms with E-state index < -0.39 is 0 Å². The summed E-state index contributed by atoms with van der Waals surface area (Å²) in [6.45, 7) is 2.36. The van der Waals surface area contributed by atoms with Gasteiger partial charge in [-0.05, 0) is 42.6 Å². The SMILES string of the molecule is Cc1nnsc1C(=O)NCCc1ccc(N)cc1. The average Bonchev–Trinajstić information content (AvgIpc) is 2.78. The first-order chi connectivity index (χ1) is 8.66. The molecule has 0 bridgehead atoms. The van der Waals surface area contributed by atoms with E-state index in [2.05, 4.69) is 14.9 Å². The van der Waals surface area contributed by atoms with E-state index >= 15 is 0 Å². The zero-order chi connectivity index (χ0) is 13.0. The second-order valence-electron chi connectivity index (χ2n) is 3.93. The molecule has 1 heterocycles. The van der Waals surface area contributed by atoms with Gasteiger partial charge in [0.15, 0.2) is 0 Å². The molecule has 0 saturated heterocycles. The molecule has 5 nitrogen and oxygen atoms in total. The van der Waals surface area contributed by atoms with Gasteiger partial charge in [0, 0.05) is 12.2 Å². The van der Waals surface area contributed by atoms with Crippen LogP contribution in [0.5, 0.6) is 0 Å². The molecule has 0 radical (unpaired) electrons. The van der Waals surface area contributed by atoms with Gasteiger partial charge in [-0.3, -0.25) is 4.79 Å². The highest BCUT2D eigenvalue weighted by Gasteiger charge is 2.11. The van der Waals surface area contributed by atoms with E-state index in [1.807, 2.05) is 24.3 Å². The molecule has 0 unspecified atom stereocenters. The molecule has 18 heavy (non-hydrogen) atoms. The van der Waals surface area contributed by atoms with Crippen molar-refractivity contribution in [3.05, 3.63) is 40.4 Å². The number of benzene rings is 1. The van der Waals surface area contributed by atoms with Gasteiger partial charge in [0.05, 0.1) is 5.69 Å². The van der Waals surface area contributed by atoms with Gasteiger partial charge in [-0.15, -0.1) is 5.10 Å². The highest BCUT2D eigenvalue weighted by molar-refractivity contribution is 7.07. The number of anilines is 1. The van der Waals surface area contributed by atoms with E-state index in [0.29, 0.717) is 17.1 Å². The lowest BCUT2D eigenvalue weighted by atomic mass is 10.1. The van der Waals surface area contributed by atoms with E-state index in [1.165, 1.54) is 0 Å². The summed E-state index contributed by atoms with van der Waals surface area (Å²) in [6.07, 6.45) is 0.775. The van der Waals surface area contributed by atoms with Crippen molar-refractivity contribution in [2.45, 2.75) is 13.3 Å². The topological polar surface area (TPSA) is 80.9 Å². The zero-order valence-corrected chi connectivity index (χ0v) is 10.8. The molecular formula is C12H14N4OS. The normalized spacial score (nSPS) is 10.3. The number of carbonyl (C=O) groups excluding carboxylic acids is 1. The number of nitrogens with one attached hydrogen (secondary N) is 1. The third-order valence-electron chi connectivity index (χ3n) is 2.54. The maximum atomic E-state index is 11.8. The number of nitrogen functional groups attached to an aromatic ring is 1. The first-order valence-electron chi connectivity index (χ1n) is 5.58. The van der Waals surface area contributed by atoms with Crippen LogP contribution in [0, 0.1) is 6.92 Å². The fourth-order valence-electron chi connectivity index (χ4n) is 1.52. The summed E-state index contributed by atoms with van der Waals surface area (Å²) in [5.41, 5.74) is 8.16. The minimum absolute atomic E-state index is 0.113. The zero-order valence-electron chi connectivity index (χ0n) is 10.0. The van der Waals surface area contributed by atoms with Gasteiger partial charge in [-0.1, -0.05) is 16.6 Å². The molecule has 0 fully saturated rings. The molecule has 94 valence electrons. The van der Waals surface area contributed by atoms with Crippen LogP contribution in [-0.4, -0.2) is 22.0 Å². The summed E-state index contributed by atoms with van der Waals surface area (Å²) in [4.78, 5) is 12.3. The molecule has 2 rings (SSSR count). The number of rotatable bonds is 4. The lowest BCUT2D eigenvalue weighted by Gasteiger charge is -2.04. The number of carbonyl (C=O) groups is 1. The van der Waals surface area contributed by atoms with Gasteiger partial charge >= 0.3 is 0 Å². The number of nitrogens with two attached hydrogens (primary N) is 1. The van der Waals surface area contributed by atoms with Crippen molar-refractivity contribution in [2.24, 2.45) is 0 Å². The van der Waals surface area contributed by atoms with Crippen LogP contribution >= 0.6 is 11.5 Å². The number of aromatic nitrogens is 2. The monoisotopic (exact) mass is 262 g/mol. The molecule has 2 aromatic rings. The van der Waals surface area contributed by atoms with Crippen molar-refractivity contribution in [1.82, 2.24) is 14.9 Å². The quantitative estimate of drug-likeness (QED) is 0.816. The van der Waals surface area contributed by atoms with E-state index in [-0.39, 0.29) is 5.91 Å². The van der Waals surface area contributed by atoms with Crippen molar-refractivity contribution >= 4 is 23.1 Å². The van der Waals surface area contributed by atoms with Crippen LogP contribution in [0.1, 0.15) is 20.9 Å². The van der Waals surface area contributed by atoms with Crippen LogP contribution in [-0.2, 0) is 6.42 Å². The summed E-state index contributed by atoms with van der Waals surface area (Å²) >= 11 is 1.12. The lowest BCUT2D eigenvalue weighted by Crippen LogP contribution is -2.25. The summed E-state index contributed by atoms with van der Waals surface area (Å²) < 4.78 is 3.74. The van der Waals surface area contributed by atoms with Crippen LogP contribution < -0.4 is 11.1 Å². The Bertz CT molecular complexity index is 535. The largest absolute Gasteiger partial charge is 0.399 e. The first kappa shape index (κ1) is 12.5. The van der Waals surface area contributed by atoms with Crippen molar-refractivity contribution in [1.29, 1.82) is 0 Å². The lowest BCUT2D eigenvalue weighted by molar-refractivity contribution is 0.0957. The van der Waals surface area contributed by atoms with Crippen LogP contribution in [0.25, 0.3) is 0 Å². The third-order valence-corrected chi connectivity index (χ3v) is 3.36. The van der Waals surface area contributed by atoms with Gasteiger partial charge in [-0.25, -0.2) is 0 Å². The second-order valence-corrected chi connectivity index (χ2v) is 4.69. The first-order valence-corrected chi connectivity index (χ1v) is 6.35. The highest BCUT2D eigenvalue weighted by atomic mass is 32.1. The maximum Gasteiger partial charge on any atom is 0.264 e. The maximum absolute atomic E-state index is 11.8. The minimum Gasteiger partial charge on any atom is -0.399 e. The fourth-order valence-corrected chi connectivity index (χ4v) is 2.10. The van der Waals surface area contributed by atoms with Crippen molar-refractivity contribution < 1.29 is 4.79 Å². The Labute approximate surface area is 109 Å². The van der Waals surface area contributed by atoms with E-state index in [1.54, 1.807) is 6.92 Å². The van der Waals surface area contributed by atoms with Crippen LogP contribution in [0.15, 0.2) is 24.3 Å². The van der Waals surface area contributed by atoms with Gasteiger partial charge in [-0.2, -0.15) is 0 Å². The summed E-state index contributed by atoms with van der Waals surface area (Å²) in [6, 6.07) is 7.63. The predicted octanol–water partition coefficient (Wildman–Crippen LogP) is 1.40. The van der Waals surface area contributed by atoms with E-state index in [9.17, 15) is 4.79 Å². The Morgan fingerprint density at radius 1 is 1.39 bits per heavy atom. The number of hydrogen-bond acceptors (Lipinski definition) is 5. The van der Waals surface area contributed by atoms with Crippen molar-refractivity contribution in [3.63, 3.8) is 0 Å². The number of aryl methyl sites for hydroxylation is 1. The molecular weight excluding hydrogens is 248 g/mol. The van der Waals surface area contributed by atoms with E-state index in [0.717, 1.165) is 29.2 Å². The summed E-state index contributed by atoms with van der Waals surface area (Å²) in [5, 5.41) is 6.66. The van der Waals surface area contributed by atoms with Crippen LogP contribution in [0.3, 0.4) is 0 Å². The highest BCUT2D eigenvalue weighted by Crippen LogP contribution is 2.09. The summed E-state index contributed by atoms with van der Waals surface area (Å²) in [7, 11) is 0. The van der Waals surface area contributed by atoms with Crippen LogP contribution in [0.2, 0.25) is 0 Å². The predicted molar refractivity (Wildman–Crippen MR) is 71.5 cm³/mol. The Balaban J connectivity index is 1.84. The molecule has 6 heteroatoms. The molecule has 0 aliphatic heterocycles. The van der Waals surface area contributed by atoms with Gasteiger partial charge < -0.3 is 11.1 Å².